The van der Waals surface area contributed by atoms with Crippen LogP contribution in [0.25, 0.3) is 0 Å². The monoisotopic (exact) mass is 309 g/mol. The van der Waals surface area contributed by atoms with Crippen molar-refractivity contribution in [2.24, 2.45) is 0 Å². The van der Waals surface area contributed by atoms with Crippen LogP contribution in [0.15, 0.2) is 0 Å². The molecule has 6 nitrogen and oxygen atoms in total. The van der Waals surface area contributed by atoms with Gasteiger partial charge in [0.05, 0.1) is 0 Å². The van der Waals surface area contributed by atoms with Gasteiger partial charge in [0.2, 0.25) is 0 Å². The van der Waals surface area contributed by atoms with Crippen LogP contribution in [0.4, 0.5) is 10.8 Å². The van der Waals surface area contributed by atoms with E-state index >= 15 is 0 Å². The standard InChI is InChI=1S/C14H23N5OS/c1-18(2)10-5-7-19(8-6-10)14-11(12(15)17-21-14)13(20)16-9-3-4-9/h9-10H,3-8H2,1-2H3,(H2,15,17)(H,16,20). The number of nitrogens with zero attached hydrogens (tertiary/aromatic N) is 3. The topological polar surface area (TPSA) is 74.5 Å². The Labute approximate surface area is 129 Å². The lowest BCUT2D eigenvalue weighted by atomic mass is 10.0. The smallest absolute Gasteiger partial charge is 0.258 e. The lowest BCUT2D eigenvalue weighted by Gasteiger charge is -2.35. The first-order chi connectivity index (χ1) is 10.1. The minimum atomic E-state index is -0.0616. The van der Waals surface area contributed by atoms with Crippen LogP contribution >= 0.6 is 11.5 Å². The van der Waals surface area contributed by atoms with Crippen molar-refractivity contribution in [1.82, 2.24) is 14.6 Å². The highest BCUT2D eigenvalue weighted by atomic mass is 32.1. The zero-order chi connectivity index (χ0) is 15.0. The van der Waals surface area contributed by atoms with E-state index < -0.39 is 0 Å². The molecular weight excluding hydrogens is 286 g/mol. The van der Waals surface area contributed by atoms with Crippen molar-refractivity contribution in [3.8, 4) is 0 Å². The number of nitrogens with one attached hydrogen (secondary N) is 1. The molecule has 0 unspecified atom stereocenters. The number of aromatic nitrogens is 1. The summed E-state index contributed by atoms with van der Waals surface area (Å²) in [5.74, 6) is 0.302. The Morgan fingerprint density at radius 2 is 2.00 bits per heavy atom. The Hall–Kier alpha value is -1.34. The van der Waals surface area contributed by atoms with Crippen molar-refractivity contribution in [2.75, 3.05) is 37.8 Å². The van der Waals surface area contributed by atoms with Gasteiger partial charge in [0.25, 0.3) is 5.91 Å². The molecule has 116 valence electrons. The lowest BCUT2D eigenvalue weighted by Crippen LogP contribution is -2.42. The van der Waals surface area contributed by atoms with Crippen LogP contribution in [0.3, 0.4) is 0 Å². The fourth-order valence-electron chi connectivity index (χ4n) is 2.79. The van der Waals surface area contributed by atoms with Crippen LogP contribution in [0.2, 0.25) is 0 Å². The maximum atomic E-state index is 12.4. The first-order valence-corrected chi connectivity index (χ1v) is 8.31. The Balaban J connectivity index is 1.72. The average Bonchev–Trinajstić information content (AvgIpc) is 3.18. The van der Waals surface area contributed by atoms with E-state index in [4.69, 9.17) is 5.73 Å². The molecule has 2 fully saturated rings. The van der Waals surface area contributed by atoms with Gasteiger partial charge in [0, 0.05) is 25.2 Å². The van der Waals surface area contributed by atoms with Gasteiger partial charge in [-0.15, -0.1) is 0 Å². The molecule has 7 heteroatoms. The number of hydrogen-bond acceptors (Lipinski definition) is 6. The van der Waals surface area contributed by atoms with Crippen LogP contribution in [-0.2, 0) is 0 Å². The number of carbonyl (C=O) groups excluding carboxylic acids is 1. The van der Waals surface area contributed by atoms with Gasteiger partial charge in [-0.05, 0) is 51.3 Å². The number of anilines is 2. The molecule has 2 aliphatic rings. The molecule has 1 saturated carbocycles. The molecule has 0 atom stereocenters. The number of hydrogen-bond donors (Lipinski definition) is 2. The summed E-state index contributed by atoms with van der Waals surface area (Å²) < 4.78 is 4.20. The van der Waals surface area contributed by atoms with E-state index in [9.17, 15) is 4.79 Å². The zero-order valence-electron chi connectivity index (χ0n) is 12.6. The fraction of sp³-hybridized carbons (Fsp3) is 0.714. The van der Waals surface area contributed by atoms with Gasteiger partial charge < -0.3 is 20.9 Å². The largest absolute Gasteiger partial charge is 0.382 e. The van der Waals surface area contributed by atoms with E-state index in [1.807, 2.05) is 0 Å². The minimum Gasteiger partial charge on any atom is -0.382 e. The van der Waals surface area contributed by atoms with Crippen molar-refractivity contribution in [2.45, 2.75) is 37.8 Å². The van der Waals surface area contributed by atoms with Crippen molar-refractivity contribution in [3.63, 3.8) is 0 Å². The van der Waals surface area contributed by atoms with E-state index in [0.29, 0.717) is 23.5 Å². The van der Waals surface area contributed by atoms with Gasteiger partial charge in [-0.1, -0.05) is 0 Å². The Kier molecular flexibility index (Phi) is 4.03. The SMILES string of the molecule is CN(C)C1CCN(c2snc(N)c2C(=O)NC2CC2)CC1. The first-order valence-electron chi connectivity index (χ1n) is 7.53. The highest BCUT2D eigenvalue weighted by Crippen LogP contribution is 2.33. The second-order valence-electron chi connectivity index (χ2n) is 6.18. The predicted octanol–water partition coefficient (Wildman–Crippen LogP) is 1.15. The highest BCUT2D eigenvalue weighted by Gasteiger charge is 2.30. The van der Waals surface area contributed by atoms with E-state index in [0.717, 1.165) is 43.8 Å². The summed E-state index contributed by atoms with van der Waals surface area (Å²) in [5, 5.41) is 3.95. The Morgan fingerprint density at radius 1 is 1.33 bits per heavy atom. The molecule has 1 saturated heterocycles. The molecule has 0 aromatic carbocycles. The number of piperidine rings is 1. The molecular formula is C14H23N5OS. The van der Waals surface area contributed by atoms with Gasteiger partial charge in [-0.25, -0.2) is 0 Å². The maximum Gasteiger partial charge on any atom is 0.258 e. The van der Waals surface area contributed by atoms with Gasteiger partial charge in [0.15, 0.2) is 5.82 Å². The molecule has 1 aromatic heterocycles. The second kappa shape index (κ2) is 5.81. The molecule has 3 rings (SSSR count). The quantitative estimate of drug-likeness (QED) is 0.873. The van der Waals surface area contributed by atoms with Crippen LogP contribution in [0, 0.1) is 0 Å². The molecule has 1 amide bonds. The van der Waals surface area contributed by atoms with E-state index in [1.54, 1.807) is 0 Å². The Morgan fingerprint density at radius 3 is 2.57 bits per heavy atom. The zero-order valence-corrected chi connectivity index (χ0v) is 13.4. The second-order valence-corrected chi connectivity index (χ2v) is 6.93. The van der Waals surface area contributed by atoms with Gasteiger partial charge in [-0.3, -0.25) is 4.79 Å². The number of nitrogens with two attached hydrogens (primary N) is 1. The van der Waals surface area contributed by atoms with Gasteiger partial charge in [0.1, 0.15) is 10.6 Å². The van der Waals surface area contributed by atoms with Gasteiger partial charge in [-0.2, -0.15) is 4.37 Å². The third-order valence-corrected chi connectivity index (χ3v) is 5.25. The number of carbonyl (C=O) groups is 1. The fourth-order valence-corrected chi connectivity index (χ4v) is 3.66. The molecule has 1 aromatic rings. The molecule has 0 radical (unpaired) electrons. The molecule has 1 aliphatic heterocycles. The van der Waals surface area contributed by atoms with E-state index in [2.05, 4.69) is 33.6 Å². The number of nitrogen functional groups attached to an aromatic ring is 1. The van der Waals surface area contributed by atoms with E-state index in [1.165, 1.54) is 11.5 Å². The third kappa shape index (κ3) is 3.13. The lowest BCUT2D eigenvalue weighted by molar-refractivity contribution is 0.0952. The van der Waals surface area contributed by atoms with Crippen molar-refractivity contribution in [1.29, 1.82) is 0 Å². The number of amides is 1. The summed E-state index contributed by atoms with van der Waals surface area (Å²) in [6.45, 7) is 1.91. The number of rotatable bonds is 4. The van der Waals surface area contributed by atoms with Crippen molar-refractivity contribution >= 4 is 28.3 Å². The summed E-state index contributed by atoms with van der Waals surface area (Å²) >= 11 is 1.34. The maximum absolute atomic E-state index is 12.4. The third-order valence-electron chi connectivity index (χ3n) is 4.32. The molecule has 2 heterocycles. The summed E-state index contributed by atoms with van der Waals surface area (Å²) in [4.78, 5) is 16.9. The summed E-state index contributed by atoms with van der Waals surface area (Å²) in [6, 6.07) is 0.958. The molecule has 0 spiro atoms. The van der Waals surface area contributed by atoms with Crippen molar-refractivity contribution in [3.05, 3.63) is 5.56 Å². The molecule has 21 heavy (non-hydrogen) atoms. The molecule has 0 bridgehead atoms. The van der Waals surface area contributed by atoms with Crippen LogP contribution in [0.5, 0.6) is 0 Å². The van der Waals surface area contributed by atoms with Crippen molar-refractivity contribution < 1.29 is 4.79 Å². The predicted molar refractivity (Wildman–Crippen MR) is 85.9 cm³/mol. The molecule has 1 aliphatic carbocycles. The van der Waals surface area contributed by atoms with Gasteiger partial charge >= 0.3 is 0 Å². The summed E-state index contributed by atoms with van der Waals surface area (Å²) in [5.41, 5.74) is 6.50. The highest BCUT2D eigenvalue weighted by molar-refractivity contribution is 7.11. The minimum absolute atomic E-state index is 0.0616. The van der Waals surface area contributed by atoms with Crippen LogP contribution in [-0.4, -0.2) is 54.4 Å². The van der Waals surface area contributed by atoms with E-state index in [-0.39, 0.29) is 5.91 Å². The average molecular weight is 309 g/mol. The first kappa shape index (κ1) is 14.6. The van der Waals surface area contributed by atoms with Crippen LogP contribution < -0.4 is 16.0 Å². The van der Waals surface area contributed by atoms with Crippen LogP contribution in [0.1, 0.15) is 36.0 Å². The summed E-state index contributed by atoms with van der Waals surface area (Å²) in [7, 11) is 4.25. The molecule has 3 N–H and O–H groups in total. The normalized spacial score (nSPS) is 20.0. The Bertz CT molecular complexity index is 517. The summed E-state index contributed by atoms with van der Waals surface area (Å²) in [6.07, 6.45) is 4.36.